The van der Waals surface area contributed by atoms with Crippen LogP contribution in [0.3, 0.4) is 0 Å². The lowest BCUT2D eigenvalue weighted by atomic mass is 10.0. The minimum atomic E-state index is 0.194. The largest absolute Gasteiger partial charge is 0.348 e. The van der Waals surface area contributed by atoms with Crippen LogP contribution < -0.4 is 11.1 Å². The van der Waals surface area contributed by atoms with Gasteiger partial charge < -0.3 is 16.0 Å². The zero-order valence-electron chi connectivity index (χ0n) is 11.1. The number of hydrogen-bond donors (Lipinski definition) is 2. The van der Waals surface area contributed by atoms with Crippen molar-refractivity contribution in [2.75, 3.05) is 46.8 Å². The number of likely N-dealkylation sites (N-methyl/N-ethyl adjacent to an activating group) is 1. The first-order valence-corrected chi connectivity index (χ1v) is 6.49. The fourth-order valence-corrected chi connectivity index (χ4v) is 2.04. The van der Waals surface area contributed by atoms with E-state index >= 15 is 0 Å². The molecule has 0 unspecified atom stereocenters. The van der Waals surface area contributed by atoms with Gasteiger partial charge in [0, 0.05) is 33.2 Å². The number of rotatable bonds is 6. The first-order chi connectivity index (χ1) is 8.13. The molecule has 0 atom stereocenters. The Hall–Kier alpha value is -0.650. The molecule has 1 rings (SSSR count). The summed E-state index contributed by atoms with van der Waals surface area (Å²) in [6, 6.07) is 0.604. The van der Waals surface area contributed by atoms with Crippen molar-refractivity contribution in [3.05, 3.63) is 0 Å². The molecule has 1 saturated heterocycles. The van der Waals surface area contributed by atoms with Crippen LogP contribution in [-0.2, 0) is 4.79 Å². The average molecular weight is 242 g/mol. The van der Waals surface area contributed by atoms with Gasteiger partial charge in [-0.2, -0.15) is 0 Å². The van der Waals surface area contributed by atoms with Crippen molar-refractivity contribution >= 4 is 5.91 Å². The van der Waals surface area contributed by atoms with Crippen LogP contribution in [0.5, 0.6) is 0 Å². The summed E-state index contributed by atoms with van der Waals surface area (Å²) >= 11 is 0. The predicted octanol–water partition coefficient (Wildman–Crippen LogP) is -0.523. The number of likely N-dealkylation sites (tertiary alicyclic amines) is 1. The van der Waals surface area contributed by atoms with Gasteiger partial charge in [0.05, 0.1) is 6.54 Å². The molecule has 17 heavy (non-hydrogen) atoms. The highest BCUT2D eigenvalue weighted by molar-refractivity contribution is 5.77. The van der Waals surface area contributed by atoms with E-state index in [0.29, 0.717) is 12.6 Å². The zero-order valence-corrected chi connectivity index (χ0v) is 11.1. The second-order valence-electron chi connectivity index (χ2n) is 4.93. The Morgan fingerprint density at radius 2 is 2.06 bits per heavy atom. The van der Waals surface area contributed by atoms with E-state index in [1.807, 2.05) is 14.1 Å². The van der Waals surface area contributed by atoms with E-state index in [1.54, 1.807) is 4.90 Å². The van der Waals surface area contributed by atoms with Gasteiger partial charge in [-0.25, -0.2) is 0 Å². The Bertz CT molecular complexity index is 225. The number of nitrogens with zero attached hydrogens (tertiary/aromatic N) is 2. The van der Waals surface area contributed by atoms with Gasteiger partial charge in [-0.15, -0.1) is 0 Å². The first kappa shape index (κ1) is 14.4. The van der Waals surface area contributed by atoms with Gasteiger partial charge >= 0.3 is 0 Å². The molecule has 1 fully saturated rings. The Balaban J connectivity index is 2.15. The Morgan fingerprint density at radius 3 is 2.59 bits per heavy atom. The lowest BCUT2D eigenvalue weighted by Crippen LogP contribution is -2.46. The van der Waals surface area contributed by atoms with Crippen molar-refractivity contribution in [2.45, 2.75) is 25.3 Å². The van der Waals surface area contributed by atoms with Crippen molar-refractivity contribution in [1.82, 2.24) is 15.1 Å². The van der Waals surface area contributed by atoms with Crippen molar-refractivity contribution < 1.29 is 4.79 Å². The standard InChI is InChI=1S/C12H26N4O/c1-15(2)12(17)10-16-8-4-11(5-9-16)14-7-3-6-13/h11,14H,3-10,13H2,1-2H3. The van der Waals surface area contributed by atoms with E-state index in [4.69, 9.17) is 5.73 Å². The molecule has 1 heterocycles. The molecule has 100 valence electrons. The van der Waals surface area contributed by atoms with Gasteiger partial charge in [-0.3, -0.25) is 9.69 Å². The molecule has 0 aromatic rings. The molecule has 0 spiro atoms. The molecule has 5 heteroatoms. The number of carbonyl (C=O) groups is 1. The summed E-state index contributed by atoms with van der Waals surface area (Å²) in [5.41, 5.74) is 5.46. The molecule has 0 bridgehead atoms. The van der Waals surface area contributed by atoms with Gasteiger partial charge in [0.15, 0.2) is 0 Å². The van der Waals surface area contributed by atoms with Crippen molar-refractivity contribution in [1.29, 1.82) is 0 Å². The van der Waals surface area contributed by atoms with Crippen LogP contribution in [-0.4, -0.2) is 68.6 Å². The third-order valence-corrected chi connectivity index (χ3v) is 3.26. The predicted molar refractivity (Wildman–Crippen MR) is 69.8 cm³/mol. The quantitative estimate of drug-likeness (QED) is 0.615. The molecule has 1 aliphatic heterocycles. The second kappa shape index (κ2) is 7.63. The molecule has 0 aromatic carbocycles. The highest BCUT2D eigenvalue weighted by Crippen LogP contribution is 2.10. The average Bonchev–Trinajstić information content (AvgIpc) is 2.31. The number of carbonyl (C=O) groups excluding carboxylic acids is 1. The van der Waals surface area contributed by atoms with Crippen LogP contribution in [0, 0.1) is 0 Å². The van der Waals surface area contributed by atoms with E-state index < -0.39 is 0 Å². The van der Waals surface area contributed by atoms with Crippen LogP contribution in [0.15, 0.2) is 0 Å². The summed E-state index contributed by atoms with van der Waals surface area (Å²) in [5.74, 6) is 0.194. The van der Waals surface area contributed by atoms with Gasteiger partial charge in [0.25, 0.3) is 0 Å². The maximum Gasteiger partial charge on any atom is 0.236 e. The Kier molecular flexibility index (Phi) is 6.47. The van der Waals surface area contributed by atoms with Crippen molar-refractivity contribution in [3.8, 4) is 0 Å². The van der Waals surface area contributed by atoms with Gasteiger partial charge in [-0.1, -0.05) is 0 Å². The first-order valence-electron chi connectivity index (χ1n) is 6.49. The number of nitrogens with two attached hydrogens (primary N) is 1. The smallest absolute Gasteiger partial charge is 0.236 e. The fraction of sp³-hybridized carbons (Fsp3) is 0.917. The maximum atomic E-state index is 11.6. The summed E-state index contributed by atoms with van der Waals surface area (Å²) in [4.78, 5) is 15.5. The molecule has 1 amide bonds. The van der Waals surface area contributed by atoms with Crippen LogP contribution in [0.1, 0.15) is 19.3 Å². The fourth-order valence-electron chi connectivity index (χ4n) is 2.04. The van der Waals surface area contributed by atoms with Gasteiger partial charge in [-0.05, 0) is 32.4 Å². The van der Waals surface area contributed by atoms with E-state index in [1.165, 1.54) is 0 Å². The van der Waals surface area contributed by atoms with Crippen molar-refractivity contribution in [2.24, 2.45) is 5.73 Å². The zero-order chi connectivity index (χ0) is 12.7. The molecule has 1 aliphatic rings. The molecular weight excluding hydrogens is 216 g/mol. The number of piperidine rings is 1. The number of nitrogens with one attached hydrogen (secondary N) is 1. The molecule has 0 aromatic heterocycles. The number of amides is 1. The topological polar surface area (TPSA) is 61.6 Å². The summed E-state index contributed by atoms with van der Waals surface area (Å²) < 4.78 is 0. The van der Waals surface area contributed by atoms with Gasteiger partial charge in [0.2, 0.25) is 5.91 Å². The van der Waals surface area contributed by atoms with E-state index in [0.717, 1.165) is 45.4 Å². The monoisotopic (exact) mass is 242 g/mol. The van der Waals surface area contributed by atoms with Crippen LogP contribution in [0.25, 0.3) is 0 Å². The summed E-state index contributed by atoms with van der Waals surface area (Å²) in [5, 5.41) is 3.52. The lowest BCUT2D eigenvalue weighted by molar-refractivity contribution is -0.130. The van der Waals surface area contributed by atoms with Crippen LogP contribution in [0.2, 0.25) is 0 Å². The molecule has 5 nitrogen and oxygen atoms in total. The molecule has 3 N–H and O–H groups in total. The van der Waals surface area contributed by atoms with E-state index in [9.17, 15) is 4.79 Å². The molecule has 0 saturated carbocycles. The van der Waals surface area contributed by atoms with Crippen molar-refractivity contribution in [3.63, 3.8) is 0 Å². The third-order valence-electron chi connectivity index (χ3n) is 3.26. The maximum absolute atomic E-state index is 11.6. The van der Waals surface area contributed by atoms with Gasteiger partial charge in [0.1, 0.15) is 0 Å². The minimum Gasteiger partial charge on any atom is -0.348 e. The molecular formula is C12H26N4O. The lowest BCUT2D eigenvalue weighted by Gasteiger charge is -2.32. The van der Waals surface area contributed by atoms with Crippen LogP contribution >= 0.6 is 0 Å². The number of hydrogen-bond acceptors (Lipinski definition) is 4. The highest BCUT2D eigenvalue weighted by atomic mass is 16.2. The Labute approximate surface area is 104 Å². The molecule has 0 aliphatic carbocycles. The third kappa shape index (κ3) is 5.48. The Morgan fingerprint density at radius 1 is 1.41 bits per heavy atom. The highest BCUT2D eigenvalue weighted by Gasteiger charge is 2.20. The second-order valence-corrected chi connectivity index (χ2v) is 4.93. The normalized spacial score (nSPS) is 18.3. The summed E-state index contributed by atoms with van der Waals surface area (Å²) in [6.07, 6.45) is 3.30. The summed E-state index contributed by atoms with van der Waals surface area (Å²) in [6.45, 7) is 4.35. The summed E-state index contributed by atoms with van der Waals surface area (Å²) in [7, 11) is 3.62. The minimum absolute atomic E-state index is 0.194. The molecule has 0 radical (unpaired) electrons. The van der Waals surface area contributed by atoms with E-state index in [2.05, 4.69) is 10.2 Å². The van der Waals surface area contributed by atoms with Crippen LogP contribution in [0.4, 0.5) is 0 Å². The van der Waals surface area contributed by atoms with E-state index in [-0.39, 0.29) is 5.91 Å². The SMILES string of the molecule is CN(C)C(=O)CN1CCC(NCCCN)CC1.